The highest BCUT2D eigenvalue weighted by Gasteiger charge is 2.21. The molecule has 0 unspecified atom stereocenters. The van der Waals surface area contributed by atoms with E-state index in [1.165, 1.54) is 0 Å². The van der Waals surface area contributed by atoms with Gasteiger partial charge in [0.1, 0.15) is 0 Å². The molecule has 5 heteroatoms. The lowest BCUT2D eigenvalue weighted by Crippen LogP contribution is -2.23. The summed E-state index contributed by atoms with van der Waals surface area (Å²) >= 11 is 0. The number of amides is 2. The quantitative estimate of drug-likeness (QED) is 0.778. The average molecular weight is 275 g/mol. The number of carbonyl (C=O) groups is 2. The standard InChI is InChI=1S/C15H21N3O2/c16-10-2-1-4-14(19)17-12-6-8-13(9-7-12)18-11-3-5-15(18)20/h6-9H,1-5,10-11,16H2,(H,17,19). The topological polar surface area (TPSA) is 75.4 Å². The van der Waals surface area contributed by atoms with Gasteiger partial charge in [0, 0.05) is 30.8 Å². The van der Waals surface area contributed by atoms with Crippen molar-refractivity contribution >= 4 is 23.2 Å². The van der Waals surface area contributed by atoms with E-state index in [1.54, 1.807) is 4.90 Å². The number of nitrogens with zero attached hydrogens (tertiary/aromatic N) is 1. The van der Waals surface area contributed by atoms with Crippen molar-refractivity contribution in [3.8, 4) is 0 Å². The number of rotatable bonds is 6. The molecule has 0 aliphatic carbocycles. The van der Waals surface area contributed by atoms with Gasteiger partial charge in [0.2, 0.25) is 11.8 Å². The number of hydrogen-bond acceptors (Lipinski definition) is 3. The van der Waals surface area contributed by atoms with Crippen molar-refractivity contribution in [2.24, 2.45) is 5.73 Å². The van der Waals surface area contributed by atoms with Gasteiger partial charge in [-0.1, -0.05) is 0 Å². The van der Waals surface area contributed by atoms with Crippen molar-refractivity contribution in [2.75, 3.05) is 23.3 Å². The Morgan fingerprint density at radius 2 is 2.00 bits per heavy atom. The molecule has 0 atom stereocenters. The Bertz CT molecular complexity index is 471. The summed E-state index contributed by atoms with van der Waals surface area (Å²) < 4.78 is 0. The Hall–Kier alpha value is -1.88. The summed E-state index contributed by atoms with van der Waals surface area (Å²) in [7, 11) is 0. The Morgan fingerprint density at radius 1 is 1.25 bits per heavy atom. The first-order chi connectivity index (χ1) is 9.70. The maximum atomic E-state index is 11.7. The number of anilines is 2. The maximum Gasteiger partial charge on any atom is 0.227 e. The largest absolute Gasteiger partial charge is 0.330 e. The molecular weight excluding hydrogens is 254 g/mol. The first-order valence-electron chi connectivity index (χ1n) is 7.11. The highest BCUT2D eigenvalue weighted by atomic mass is 16.2. The molecule has 0 spiro atoms. The molecule has 0 bridgehead atoms. The molecule has 20 heavy (non-hydrogen) atoms. The summed E-state index contributed by atoms with van der Waals surface area (Å²) in [6, 6.07) is 7.42. The number of benzene rings is 1. The van der Waals surface area contributed by atoms with Gasteiger partial charge in [-0.15, -0.1) is 0 Å². The van der Waals surface area contributed by atoms with Crippen molar-refractivity contribution < 1.29 is 9.59 Å². The molecule has 1 aromatic carbocycles. The van der Waals surface area contributed by atoms with Gasteiger partial charge in [-0.05, 0) is 50.1 Å². The fourth-order valence-electron chi connectivity index (χ4n) is 2.30. The molecular formula is C15H21N3O2. The van der Waals surface area contributed by atoms with Gasteiger partial charge in [-0.25, -0.2) is 0 Å². The second-order valence-electron chi connectivity index (χ2n) is 4.99. The van der Waals surface area contributed by atoms with Crippen LogP contribution >= 0.6 is 0 Å². The number of unbranched alkanes of at least 4 members (excludes halogenated alkanes) is 1. The lowest BCUT2D eigenvalue weighted by molar-refractivity contribution is -0.117. The minimum Gasteiger partial charge on any atom is -0.330 e. The van der Waals surface area contributed by atoms with E-state index in [0.29, 0.717) is 19.4 Å². The number of nitrogens with two attached hydrogens (primary N) is 1. The Balaban J connectivity index is 1.88. The highest BCUT2D eigenvalue weighted by Crippen LogP contribution is 2.23. The molecule has 0 saturated carbocycles. The predicted molar refractivity (Wildman–Crippen MR) is 79.6 cm³/mol. The monoisotopic (exact) mass is 275 g/mol. The van der Waals surface area contributed by atoms with Crippen LogP contribution in [0.3, 0.4) is 0 Å². The molecule has 1 aliphatic heterocycles. The Morgan fingerprint density at radius 3 is 2.60 bits per heavy atom. The van der Waals surface area contributed by atoms with Gasteiger partial charge in [0.05, 0.1) is 0 Å². The number of carbonyl (C=O) groups excluding carboxylic acids is 2. The molecule has 1 fully saturated rings. The van der Waals surface area contributed by atoms with Crippen LogP contribution in [-0.4, -0.2) is 24.9 Å². The van der Waals surface area contributed by atoms with E-state index in [9.17, 15) is 9.59 Å². The van der Waals surface area contributed by atoms with Gasteiger partial charge in [0.15, 0.2) is 0 Å². The second-order valence-corrected chi connectivity index (χ2v) is 4.99. The molecule has 1 heterocycles. The van der Waals surface area contributed by atoms with Crippen LogP contribution in [0.5, 0.6) is 0 Å². The first kappa shape index (κ1) is 14.5. The van der Waals surface area contributed by atoms with Crippen LogP contribution < -0.4 is 16.0 Å². The molecule has 0 radical (unpaired) electrons. The maximum absolute atomic E-state index is 11.7. The van der Waals surface area contributed by atoms with Crippen LogP contribution in [0.2, 0.25) is 0 Å². The molecule has 2 rings (SSSR count). The van der Waals surface area contributed by atoms with Gasteiger partial charge < -0.3 is 16.0 Å². The van der Waals surface area contributed by atoms with E-state index < -0.39 is 0 Å². The molecule has 2 amide bonds. The fourth-order valence-corrected chi connectivity index (χ4v) is 2.30. The zero-order chi connectivity index (χ0) is 14.4. The number of hydrogen-bond donors (Lipinski definition) is 2. The van der Waals surface area contributed by atoms with Crippen LogP contribution in [0.25, 0.3) is 0 Å². The van der Waals surface area contributed by atoms with E-state index in [4.69, 9.17) is 5.73 Å². The Kier molecular flexibility index (Phi) is 5.12. The van der Waals surface area contributed by atoms with Crippen molar-refractivity contribution in [2.45, 2.75) is 32.1 Å². The molecule has 3 N–H and O–H groups in total. The summed E-state index contributed by atoms with van der Waals surface area (Å²) in [5, 5.41) is 2.85. The summed E-state index contributed by atoms with van der Waals surface area (Å²) in [5.74, 6) is 0.173. The summed E-state index contributed by atoms with van der Waals surface area (Å²) in [5.41, 5.74) is 7.05. The SMILES string of the molecule is NCCCCC(=O)Nc1ccc(N2CCCC2=O)cc1. The zero-order valence-corrected chi connectivity index (χ0v) is 11.6. The van der Waals surface area contributed by atoms with E-state index in [1.807, 2.05) is 24.3 Å². The highest BCUT2D eigenvalue weighted by molar-refractivity contribution is 5.96. The van der Waals surface area contributed by atoms with Crippen LogP contribution in [0, 0.1) is 0 Å². The van der Waals surface area contributed by atoms with Crippen LogP contribution in [0.4, 0.5) is 11.4 Å². The van der Waals surface area contributed by atoms with Crippen molar-refractivity contribution in [1.29, 1.82) is 0 Å². The molecule has 5 nitrogen and oxygen atoms in total. The smallest absolute Gasteiger partial charge is 0.227 e. The molecule has 1 aromatic rings. The average Bonchev–Trinajstić information content (AvgIpc) is 2.86. The molecule has 1 saturated heterocycles. The molecule has 0 aromatic heterocycles. The van der Waals surface area contributed by atoms with Gasteiger partial charge >= 0.3 is 0 Å². The van der Waals surface area contributed by atoms with Crippen LogP contribution in [-0.2, 0) is 9.59 Å². The predicted octanol–water partition coefficient (Wildman–Crippen LogP) is 1.88. The minimum atomic E-state index is 0.00319. The summed E-state index contributed by atoms with van der Waals surface area (Å²) in [6.07, 6.45) is 3.70. The van der Waals surface area contributed by atoms with Crippen LogP contribution in [0.15, 0.2) is 24.3 Å². The number of nitrogens with one attached hydrogen (secondary N) is 1. The summed E-state index contributed by atoms with van der Waals surface area (Å²) in [4.78, 5) is 25.1. The van der Waals surface area contributed by atoms with Gasteiger partial charge in [-0.2, -0.15) is 0 Å². The van der Waals surface area contributed by atoms with E-state index in [0.717, 1.165) is 37.2 Å². The van der Waals surface area contributed by atoms with E-state index in [-0.39, 0.29) is 11.8 Å². The summed E-state index contributed by atoms with van der Waals surface area (Å²) in [6.45, 7) is 1.40. The van der Waals surface area contributed by atoms with Crippen molar-refractivity contribution in [3.05, 3.63) is 24.3 Å². The van der Waals surface area contributed by atoms with E-state index >= 15 is 0 Å². The second kappa shape index (κ2) is 7.05. The lowest BCUT2D eigenvalue weighted by atomic mass is 10.2. The van der Waals surface area contributed by atoms with Gasteiger partial charge in [0.25, 0.3) is 0 Å². The first-order valence-corrected chi connectivity index (χ1v) is 7.11. The molecule has 108 valence electrons. The van der Waals surface area contributed by atoms with E-state index in [2.05, 4.69) is 5.32 Å². The minimum absolute atomic E-state index is 0.00319. The normalized spacial score (nSPS) is 14.7. The third-order valence-electron chi connectivity index (χ3n) is 3.39. The Labute approximate surface area is 119 Å². The third-order valence-corrected chi connectivity index (χ3v) is 3.39. The van der Waals surface area contributed by atoms with Gasteiger partial charge in [-0.3, -0.25) is 9.59 Å². The third kappa shape index (κ3) is 3.81. The fraction of sp³-hybridized carbons (Fsp3) is 0.467. The molecule has 1 aliphatic rings. The van der Waals surface area contributed by atoms with Crippen molar-refractivity contribution in [1.82, 2.24) is 0 Å². The zero-order valence-electron chi connectivity index (χ0n) is 11.6. The lowest BCUT2D eigenvalue weighted by Gasteiger charge is -2.16. The van der Waals surface area contributed by atoms with Crippen LogP contribution in [0.1, 0.15) is 32.1 Å². The van der Waals surface area contributed by atoms with Crippen molar-refractivity contribution in [3.63, 3.8) is 0 Å².